The normalized spacial score (nSPS) is 13.1. The maximum absolute atomic E-state index is 6.90. The standard InChI is InChI=1S/C54H110O3/c1-12-14-16-18-20-22-24-26-28-30-32-34-36-38-40-42-50(43-41-39-37-35-33-31-29-27-25-23-21-19-17-15-13-2)56-49-52(5,6)48-51(3,4)44-45-54(9,10)57-47-46-53(7,8)55-11/h50H,12-49H2,1-11H3. The SMILES string of the molecule is CCCCCCCCCCCCCCCCCC(CCCCCCCCCCCCCCCCC)OCC(C)(C)CC(C)(C)CCC(C)(C)OCCC(C)(C)OC. The van der Waals surface area contributed by atoms with Gasteiger partial charge in [-0.3, -0.25) is 0 Å². The first-order valence-electron chi connectivity index (χ1n) is 26.0. The monoisotopic (exact) mass is 807 g/mol. The van der Waals surface area contributed by atoms with E-state index in [1.54, 1.807) is 7.11 Å². The van der Waals surface area contributed by atoms with Crippen LogP contribution in [0.4, 0.5) is 0 Å². The predicted octanol–water partition coefficient (Wildman–Crippen LogP) is 18.7. The molecule has 0 unspecified atom stereocenters. The Morgan fingerprint density at radius 3 is 1.04 bits per heavy atom. The molecule has 0 bridgehead atoms. The Bertz CT molecular complexity index is 795. The van der Waals surface area contributed by atoms with Gasteiger partial charge in [0.1, 0.15) is 0 Å². The van der Waals surface area contributed by atoms with Crippen molar-refractivity contribution in [1.29, 1.82) is 0 Å². The lowest BCUT2D eigenvalue weighted by Crippen LogP contribution is -2.33. The summed E-state index contributed by atoms with van der Waals surface area (Å²) in [5.74, 6) is 0. The Balaban J connectivity index is 4.60. The fourth-order valence-corrected chi connectivity index (χ4v) is 8.96. The summed E-state index contributed by atoms with van der Waals surface area (Å²) in [6.07, 6.45) is 50.1. The maximum atomic E-state index is 6.90. The van der Waals surface area contributed by atoms with Crippen LogP contribution in [0.25, 0.3) is 0 Å². The predicted molar refractivity (Wildman–Crippen MR) is 256 cm³/mol. The van der Waals surface area contributed by atoms with Crippen molar-refractivity contribution in [2.45, 2.75) is 318 Å². The highest BCUT2D eigenvalue weighted by Gasteiger charge is 2.32. The molecule has 0 saturated carbocycles. The molecule has 0 fully saturated rings. The second-order valence-corrected chi connectivity index (χ2v) is 21.7. The Kier molecular flexibility index (Phi) is 36.4. The van der Waals surface area contributed by atoms with E-state index < -0.39 is 0 Å². The number of hydrogen-bond donors (Lipinski definition) is 0. The zero-order valence-electron chi connectivity index (χ0n) is 41.7. The largest absolute Gasteiger partial charge is 0.379 e. The topological polar surface area (TPSA) is 27.7 Å². The molecule has 0 atom stereocenters. The van der Waals surface area contributed by atoms with E-state index in [-0.39, 0.29) is 22.0 Å². The van der Waals surface area contributed by atoms with E-state index in [1.807, 2.05) is 0 Å². The molecule has 3 heteroatoms. The maximum Gasteiger partial charge on any atom is 0.0644 e. The molecule has 344 valence electrons. The van der Waals surface area contributed by atoms with Crippen LogP contribution >= 0.6 is 0 Å². The molecule has 0 amide bonds. The van der Waals surface area contributed by atoms with E-state index >= 15 is 0 Å². The number of methoxy groups -OCH3 is 1. The first-order chi connectivity index (χ1) is 27.2. The summed E-state index contributed by atoms with van der Waals surface area (Å²) in [6, 6.07) is 0. The lowest BCUT2D eigenvalue weighted by molar-refractivity contribution is -0.0674. The number of hydrogen-bond acceptors (Lipinski definition) is 3. The molecule has 57 heavy (non-hydrogen) atoms. The molecule has 0 rings (SSSR count). The summed E-state index contributed by atoms with van der Waals surface area (Å²) in [7, 11) is 1.80. The average Bonchev–Trinajstić information content (AvgIpc) is 3.15. The second-order valence-electron chi connectivity index (χ2n) is 21.7. The summed E-state index contributed by atoms with van der Waals surface area (Å²) in [6.45, 7) is 24.9. The van der Waals surface area contributed by atoms with Crippen LogP contribution in [0.1, 0.15) is 300 Å². The second kappa shape index (κ2) is 36.5. The fraction of sp³-hybridized carbons (Fsp3) is 1.00. The molecule has 0 aromatic carbocycles. The molecule has 0 aliphatic rings. The van der Waals surface area contributed by atoms with Crippen molar-refractivity contribution in [2.75, 3.05) is 20.3 Å². The van der Waals surface area contributed by atoms with Crippen LogP contribution in [0.5, 0.6) is 0 Å². The summed E-state index contributed by atoms with van der Waals surface area (Å²) < 4.78 is 18.9. The number of rotatable bonds is 45. The van der Waals surface area contributed by atoms with E-state index in [9.17, 15) is 0 Å². The van der Waals surface area contributed by atoms with Crippen LogP contribution < -0.4 is 0 Å². The summed E-state index contributed by atoms with van der Waals surface area (Å²) >= 11 is 0. The Morgan fingerprint density at radius 1 is 0.368 bits per heavy atom. The van der Waals surface area contributed by atoms with Gasteiger partial charge < -0.3 is 14.2 Å². The molecule has 0 aromatic rings. The molecule has 0 saturated heterocycles. The quantitative estimate of drug-likeness (QED) is 0.0574. The van der Waals surface area contributed by atoms with E-state index in [2.05, 4.69) is 69.2 Å². The van der Waals surface area contributed by atoms with Crippen molar-refractivity contribution in [3.8, 4) is 0 Å². The molecule has 0 heterocycles. The van der Waals surface area contributed by atoms with Gasteiger partial charge in [0.05, 0.1) is 30.5 Å². The van der Waals surface area contributed by atoms with Gasteiger partial charge in [-0.1, -0.05) is 234 Å². The molecular weight excluding hydrogens is 697 g/mol. The van der Waals surface area contributed by atoms with Gasteiger partial charge in [-0.15, -0.1) is 0 Å². The van der Waals surface area contributed by atoms with Crippen molar-refractivity contribution in [3.63, 3.8) is 0 Å². The third-order valence-corrected chi connectivity index (χ3v) is 13.1. The highest BCUT2D eigenvalue weighted by Crippen LogP contribution is 2.39. The van der Waals surface area contributed by atoms with Crippen LogP contribution in [0.15, 0.2) is 0 Å². The first-order valence-corrected chi connectivity index (χ1v) is 26.0. The Hall–Kier alpha value is -0.120. The van der Waals surface area contributed by atoms with Gasteiger partial charge in [0.25, 0.3) is 0 Å². The summed E-state index contributed by atoms with van der Waals surface area (Å²) in [5.41, 5.74) is 0.166. The van der Waals surface area contributed by atoms with Crippen molar-refractivity contribution >= 4 is 0 Å². The van der Waals surface area contributed by atoms with Gasteiger partial charge in [-0.25, -0.2) is 0 Å². The zero-order valence-corrected chi connectivity index (χ0v) is 41.7. The zero-order chi connectivity index (χ0) is 42.6. The lowest BCUT2D eigenvalue weighted by Gasteiger charge is -2.38. The van der Waals surface area contributed by atoms with Gasteiger partial charge in [-0.2, -0.15) is 0 Å². The molecule has 0 aromatic heterocycles. The molecular formula is C54H110O3. The Morgan fingerprint density at radius 2 is 0.702 bits per heavy atom. The van der Waals surface area contributed by atoms with Crippen molar-refractivity contribution in [1.82, 2.24) is 0 Å². The van der Waals surface area contributed by atoms with Crippen molar-refractivity contribution in [2.24, 2.45) is 10.8 Å². The number of ether oxygens (including phenoxy) is 3. The van der Waals surface area contributed by atoms with E-state index in [4.69, 9.17) is 14.2 Å². The van der Waals surface area contributed by atoms with Crippen LogP contribution in [-0.4, -0.2) is 37.6 Å². The van der Waals surface area contributed by atoms with Gasteiger partial charge in [0.15, 0.2) is 0 Å². The minimum atomic E-state index is -0.129. The van der Waals surface area contributed by atoms with E-state index in [0.29, 0.717) is 6.10 Å². The molecule has 0 radical (unpaired) electrons. The highest BCUT2D eigenvalue weighted by molar-refractivity contribution is 4.83. The molecule has 0 aliphatic heterocycles. The van der Waals surface area contributed by atoms with Gasteiger partial charge >= 0.3 is 0 Å². The summed E-state index contributed by atoms with van der Waals surface area (Å²) in [5, 5.41) is 0. The number of unbranched alkanes of at least 4 members (excludes halogenated alkanes) is 28. The molecule has 3 nitrogen and oxygen atoms in total. The third-order valence-electron chi connectivity index (χ3n) is 13.1. The van der Waals surface area contributed by atoms with E-state index in [1.165, 1.54) is 218 Å². The van der Waals surface area contributed by atoms with Gasteiger partial charge in [0, 0.05) is 7.11 Å². The highest BCUT2D eigenvalue weighted by atomic mass is 16.5. The van der Waals surface area contributed by atoms with Crippen molar-refractivity contribution in [3.05, 3.63) is 0 Å². The summed E-state index contributed by atoms with van der Waals surface area (Å²) in [4.78, 5) is 0. The van der Waals surface area contributed by atoms with Crippen LogP contribution in [-0.2, 0) is 14.2 Å². The van der Waals surface area contributed by atoms with Crippen LogP contribution in [0.3, 0.4) is 0 Å². The average molecular weight is 807 g/mol. The van der Waals surface area contributed by atoms with Gasteiger partial charge in [0.2, 0.25) is 0 Å². The minimum Gasteiger partial charge on any atom is -0.379 e. The Labute approximate surface area is 361 Å². The van der Waals surface area contributed by atoms with Gasteiger partial charge in [-0.05, 0) is 77.0 Å². The third kappa shape index (κ3) is 39.8. The first kappa shape index (κ1) is 56.9. The van der Waals surface area contributed by atoms with Crippen LogP contribution in [0, 0.1) is 10.8 Å². The molecule has 0 spiro atoms. The lowest BCUT2D eigenvalue weighted by atomic mass is 9.72. The van der Waals surface area contributed by atoms with E-state index in [0.717, 1.165) is 26.1 Å². The molecule has 0 aliphatic carbocycles. The smallest absolute Gasteiger partial charge is 0.0644 e. The molecule has 0 N–H and O–H groups in total. The minimum absolute atomic E-state index is 0.118. The van der Waals surface area contributed by atoms with Crippen LogP contribution in [0.2, 0.25) is 0 Å². The van der Waals surface area contributed by atoms with Crippen molar-refractivity contribution < 1.29 is 14.2 Å². The fourth-order valence-electron chi connectivity index (χ4n) is 8.96.